The first-order chi connectivity index (χ1) is 6.90. The van der Waals surface area contributed by atoms with E-state index in [0.29, 0.717) is 5.92 Å². The number of rotatable bonds is 2. The van der Waals surface area contributed by atoms with Gasteiger partial charge in [0, 0.05) is 36.8 Å². The van der Waals surface area contributed by atoms with Crippen molar-refractivity contribution in [3.63, 3.8) is 0 Å². The molecule has 1 atom stereocenters. The Labute approximate surface area is 84.3 Å². The average molecular weight is 191 g/mol. The maximum Gasteiger partial charge on any atom is 0.111 e. The Morgan fingerprint density at radius 1 is 1.43 bits per heavy atom. The van der Waals surface area contributed by atoms with Crippen molar-refractivity contribution in [1.82, 2.24) is 9.55 Å². The van der Waals surface area contributed by atoms with Crippen LogP contribution in [0.5, 0.6) is 0 Å². The number of hydrogen-bond acceptors (Lipinski definition) is 2. The Balaban J connectivity index is 1.99. The molecule has 1 saturated carbocycles. The van der Waals surface area contributed by atoms with Gasteiger partial charge in [0.2, 0.25) is 0 Å². The molecule has 1 unspecified atom stereocenters. The maximum absolute atomic E-state index is 5.78. The van der Waals surface area contributed by atoms with Crippen LogP contribution in [0.3, 0.4) is 0 Å². The van der Waals surface area contributed by atoms with Crippen LogP contribution in [0.15, 0.2) is 6.20 Å². The van der Waals surface area contributed by atoms with Crippen LogP contribution in [0, 0.1) is 0 Å². The summed E-state index contributed by atoms with van der Waals surface area (Å²) in [4.78, 5) is 4.57. The Hall–Kier alpha value is -0.830. The third kappa shape index (κ3) is 1.19. The molecular weight excluding hydrogens is 174 g/mol. The summed E-state index contributed by atoms with van der Waals surface area (Å²) in [5.41, 5.74) is 7.17. The van der Waals surface area contributed by atoms with E-state index in [1.165, 1.54) is 37.2 Å². The molecule has 3 nitrogen and oxygen atoms in total. The van der Waals surface area contributed by atoms with E-state index in [4.69, 9.17) is 5.73 Å². The summed E-state index contributed by atoms with van der Waals surface area (Å²) in [6.45, 7) is 1.94. The van der Waals surface area contributed by atoms with Crippen LogP contribution in [-0.2, 0) is 6.54 Å². The highest BCUT2D eigenvalue weighted by molar-refractivity contribution is 5.18. The number of hydrogen-bond donors (Lipinski definition) is 1. The van der Waals surface area contributed by atoms with Gasteiger partial charge in [0.05, 0.1) is 0 Å². The predicted octanol–water partition coefficient (Wildman–Crippen LogP) is 1.60. The molecular formula is C11H17N3. The molecule has 0 aromatic carbocycles. The molecule has 2 aliphatic rings. The Kier molecular flexibility index (Phi) is 1.87. The van der Waals surface area contributed by atoms with Crippen molar-refractivity contribution in [2.75, 3.05) is 6.54 Å². The minimum atomic E-state index is 0.559. The van der Waals surface area contributed by atoms with E-state index >= 15 is 0 Å². The SMILES string of the molecule is NCC1CCCn2c1cnc2C1CC1. The summed E-state index contributed by atoms with van der Waals surface area (Å²) in [5.74, 6) is 2.65. The van der Waals surface area contributed by atoms with E-state index in [9.17, 15) is 0 Å². The van der Waals surface area contributed by atoms with Crippen molar-refractivity contribution in [2.45, 2.75) is 44.1 Å². The number of aromatic nitrogens is 2. The van der Waals surface area contributed by atoms with Crippen LogP contribution in [0.4, 0.5) is 0 Å². The molecule has 1 aliphatic heterocycles. The zero-order chi connectivity index (χ0) is 9.54. The van der Waals surface area contributed by atoms with Crippen molar-refractivity contribution in [3.8, 4) is 0 Å². The molecule has 0 saturated heterocycles. The van der Waals surface area contributed by atoms with Gasteiger partial charge in [-0.2, -0.15) is 0 Å². The number of imidazole rings is 1. The lowest BCUT2D eigenvalue weighted by Gasteiger charge is -2.24. The van der Waals surface area contributed by atoms with E-state index in [1.54, 1.807) is 0 Å². The fraction of sp³-hybridized carbons (Fsp3) is 0.727. The zero-order valence-electron chi connectivity index (χ0n) is 8.45. The fourth-order valence-electron chi connectivity index (χ4n) is 2.52. The second-order valence-electron chi connectivity index (χ2n) is 4.54. The third-order valence-electron chi connectivity index (χ3n) is 3.50. The molecule has 0 bridgehead atoms. The molecule has 14 heavy (non-hydrogen) atoms. The topological polar surface area (TPSA) is 43.8 Å². The summed E-state index contributed by atoms with van der Waals surface area (Å²) in [6.07, 6.45) is 7.25. The van der Waals surface area contributed by atoms with Crippen LogP contribution < -0.4 is 5.73 Å². The van der Waals surface area contributed by atoms with E-state index in [-0.39, 0.29) is 0 Å². The molecule has 0 spiro atoms. The number of nitrogens with zero attached hydrogens (tertiary/aromatic N) is 2. The lowest BCUT2D eigenvalue weighted by Crippen LogP contribution is -2.22. The van der Waals surface area contributed by atoms with E-state index in [1.807, 2.05) is 0 Å². The largest absolute Gasteiger partial charge is 0.331 e. The highest BCUT2D eigenvalue weighted by Crippen LogP contribution is 2.41. The molecule has 3 heteroatoms. The maximum atomic E-state index is 5.78. The number of nitrogens with two attached hydrogens (primary N) is 1. The monoisotopic (exact) mass is 191 g/mol. The van der Waals surface area contributed by atoms with E-state index < -0.39 is 0 Å². The van der Waals surface area contributed by atoms with Crippen LogP contribution in [-0.4, -0.2) is 16.1 Å². The van der Waals surface area contributed by atoms with Gasteiger partial charge in [0.25, 0.3) is 0 Å². The molecule has 1 aromatic heterocycles. The Morgan fingerprint density at radius 3 is 3.00 bits per heavy atom. The van der Waals surface area contributed by atoms with E-state index in [0.717, 1.165) is 19.0 Å². The summed E-state index contributed by atoms with van der Waals surface area (Å²) in [5, 5.41) is 0. The molecule has 3 rings (SSSR count). The quantitative estimate of drug-likeness (QED) is 0.771. The van der Waals surface area contributed by atoms with Gasteiger partial charge in [-0.25, -0.2) is 4.98 Å². The second kappa shape index (κ2) is 3.09. The van der Waals surface area contributed by atoms with Gasteiger partial charge in [-0.3, -0.25) is 0 Å². The molecule has 0 radical (unpaired) electrons. The standard InChI is InChI=1S/C11H17N3/c12-6-9-2-1-5-14-10(9)7-13-11(14)8-3-4-8/h7-9H,1-6,12H2. The van der Waals surface area contributed by atoms with Crippen molar-refractivity contribution in [3.05, 3.63) is 17.7 Å². The summed E-state index contributed by atoms with van der Waals surface area (Å²) in [6, 6.07) is 0. The molecule has 1 aliphatic carbocycles. The summed E-state index contributed by atoms with van der Waals surface area (Å²) < 4.78 is 2.43. The zero-order valence-corrected chi connectivity index (χ0v) is 8.45. The molecule has 2 N–H and O–H groups in total. The van der Waals surface area contributed by atoms with Gasteiger partial charge in [-0.05, 0) is 25.7 Å². The number of fused-ring (bicyclic) bond motifs is 1. The highest BCUT2D eigenvalue weighted by Gasteiger charge is 2.31. The van der Waals surface area contributed by atoms with Crippen molar-refractivity contribution >= 4 is 0 Å². The van der Waals surface area contributed by atoms with Crippen LogP contribution in [0.1, 0.15) is 49.0 Å². The predicted molar refractivity (Wildman–Crippen MR) is 55.2 cm³/mol. The van der Waals surface area contributed by atoms with Crippen LogP contribution in [0.2, 0.25) is 0 Å². The van der Waals surface area contributed by atoms with Crippen LogP contribution in [0.25, 0.3) is 0 Å². The van der Waals surface area contributed by atoms with E-state index in [2.05, 4.69) is 15.7 Å². The fourth-order valence-corrected chi connectivity index (χ4v) is 2.52. The first-order valence-corrected chi connectivity index (χ1v) is 5.65. The Morgan fingerprint density at radius 2 is 2.29 bits per heavy atom. The normalized spacial score (nSPS) is 26.2. The minimum Gasteiger partial charge on any atom is -0.331 e. The summed E-state index contributed by atoms with van der Waals surface area (Å²) in [7, 11) is 0. The first-order valence-electron chi connectivity index (χ1n) is 5.65. The van der Waals surface area contributed by atoms with Crippen LogP contribution >= 0.6 is 0 Å². The summed E-state index contributed by atoms with van der Waals surface area (Å²) >= 11 is 0. The second-order valence-corrected chi connectivity index (χ2v) is 4.54. The highest BCUT2D eigenvalue weighted by atomic mass is 15.1. The Bertz CT molecular complexity index is 338. The van der Waals surface area contributed by atoms with Crippen molar-refractivity contribution in [2.24, 2.45) is 5.73 Å². The molecule has 1 aromatic rings. The van der Waals surface area contributed by atoms with Crippen molar-refractivity contribution < 1.29 is 0 Å². The molecule has 2 heterocycles. The third-order valence-corrected chi connectivity index (χ3v) is 3.50. The molecule has 76 valence electrons. The van der Waals surface area contributed by atoms with Gasteiger partial charge < -0.3 is 10.3 Å². The average Bonchev–Trinajstić information content (AvgIpc) is 2.97. The van der Waals surface area contributed by atoms with Crippen molar-refractivity contribution in [1.29, 1.82) is 0 Å². The first kappa shape index (κ1) is 8.48. The lowest BCUT2D eigenvalue weighted by atomic mass is 9.96. The van der Waals surface area contributed by atoms with Gasteiger partial charge in [0.1, 0.15) is 5.82 Å². The molecule has 1 fully saturated rings. The van der Waals surface area contributed by atoms with Gasteiger partial charge in [-0.15, -0.1) is 0 Å². The smallest absolute Gasteiger partial charge is 0.111 e. The van der Waals surface area contributed by atoms with Gasteiger partial charge >= 0.3 is 0 Å². The van der Waals surface area contributed by atoms with Gasteiger partial charge in [-0.1, -0.05) is 0 Å². The lowest BCUT2D eigenvalue weighted by molar-refractivity contribution is 0.449. The minimum absolute atomic E-state index is 0.559. The van der Waals surface area contributed by atoms with Gasteiger partial charge in [0.15, 0.2) is 0 Å². The molecule has 0 amide bonds.